The normalized spacial score (nSPS) is 12.9. The molecule has 0 fully saturated rings. The molecule has 6 heteroatoms. The fraction of sp³-hybridized carbons (Fsp3) is 0.250. The summed E-state index contributed by atoms with van der Waals surface area (Å²) in [6, 6.07) is -0.624. The number of halogens is 4. The first-order chi connectivity index (χ1) is 6.49. The molecule has 0 saturated carbocycles. The highest BCUT2D eigenvalue weighted by atomic mass is 79.9. The minimum Gasteiger partial charge on any atom is -0.506 e. The largest absolute Gasteiger partial charge is 0.506 e. The van der Waals surface area contributed by atoms with E-state index in [1.807, 2.05) is 0 Å². The van der Waals surface area contributed by atoms with Crippen molar-refractivity contribution in [1.29, 1.82) is 0 Å². The number of benzene rings is 1. The summed E-state index contributed by atoms with van der Waals surface area (Å²) in [6.07, 6.45) is 0. The molecule has 1 aromatic carbocycles. The van der Waals surface area contributed by atoms with Crippen LogP contribution in [0.2, 0.25) is 0 Å². The van der Waals surface area contributed by atoms with E-state index in [1.165, 1.54) is 0 Å². The molecule has 1 rings (SSSR count). The van der Waals surface area contributed by atoms with Crippen LogP contribution >= 0.6 is 15.9 Å². The van der Waals surface area contributed by atoms with E-state index in [4.69, 9.17) is 5.73 Å². The van der Waals surface area contributed by atoms with Gasteiger partial charge < -0.3 is 10.8 Å². The van der Waals surface area contributed by atoms with Crippen LogP contribution in [0.15, 0.2) is 10.5 Å². The van der Waals surface area contributed by atoms with Gasteiger partial charge in [0.05, 0.1) is 16.1 Å². The third-order valence-electron chi connectivity index (χ3n) is 1.72. The second kappa shape index (κ2) is 4.18. The predicted octanol–water partition coefficient (Wildman–Crippen LogP) is 2.40. The molecule has 0 amide bonds. The lowest BCUT2D eigenvalue weighted by molar-refractivity contribution is 0.389. The average molecular weight is 270 g/mol. The van der Waals surface area contributed by atoms with Gasteiger partial charge in [-0.1, -0.05) is 0 Å². The summed E-state index contributed by atoms with van der Waals surface area (Å²) in [5.74, 6) is -3.08. The molecule has 1 atom stereocenters. The average Bonchev–Trinajstić information content (AvgIpc) is 2.15. The third-order valence-corrected chi connectivity index (χ3v) is 2.32. The Morgan fingerprint density at radius 1 is 1.50 bits per heavy atom. The maximum Gasteiger partial charge on any atom is 0.167 e. The molecule has 0 radical (unpaired) electrons. The van der Waals surface area contributed by atoms with Gasteiger partial charge in [0.15, 0.2) is 11.6 Å². The molecule has 0 aliphatic rings. The summed E-state index contributed by atoms with van der Waals surface area (Å²) in [4.78, 5) is 0. The zero-order chi connectivity index (χ0) is 10.9. The minimum atomic E-state index is -1.37. The molecule has 78 valence electrons. The molecule has 0 aliphatic carbocycles. The smallest absolute Gasteiger partial charge is 0.167 e. The Bertz CT molecular complexity index is 333. The van der Waals surface area contributed by atoms with Gasteiger partial charge in [0.1, 0.15) is 12.4 Å². The SMILES string of the molecule is N[C@@H](CF)c1c(O)c(Br)cc(F)c1F. The predicted molar refractivity (Wildman–Crippen MR) is 48.6 cm³/mol. The first-order valence-corrected chi connectivity index (χ1v) is 4.46. The highest BCUT2D eigenvalue weighted by Crippen LogP contribution is 2.34. The topological polar surface area (TPSA) is 46.2 Å². The molecule has 0 spiro atoms. The van der Waals surface area contributed by atoms with Gasteiger partial charge in [0.25, 0.3) is 0 Å². The Labute approximate surface area is 86.7 Å². The Kier molecular flexibility index (Phi) is 3.38. The molecule has 0 saturated heterocycles. The number of phenolic OH excluding ortho intramolecular Hbond substituents is 1. The number of phenols is 1. The Morgan fingerprint density at radius 2 is 2.07 bits per heavy atom. The van der Waals surface area contributed by atoms with Crippen molar-refractivity contribution in [3.8, 4) is 5.75 Å². The van der Waals surface area contributed by atoms with Crippen LogP contribution in [-0.2, 0) is 0 Å². The molecular formula is C8H7BrF3NO. The van der Waals surface area contributed by atoms with E-state index in [0.717, 1.165) is 6.07 Å². The van der Waals surface area contributed by atoms with Gasteiger partial charge >= 0.3 is 0 Å². The van der Waals surface area contributed by atoms with Crippen molar-refractivity contribution >= 4 is 15.9 Å². The van der Waals surface area contributed by atoms with Crippen LogP contribution in [0.4, 0.5) is 13.2 Å². The quantitative estimate of drug-likeness (QED) is 0.810. The molecule has 0 heterocycles. The number of aromatic hydroxyl groups is 1. The summed E-state index contributed by atoms with van der Waals surface area (Å²) >= 11 is 2.79. The van der Waals surface area contributed by atoms with Crippen LogP contribution in [0.25, 0.3) is 0 Å². The second-order valence-electron chi connectivity index (χ2n) is 2.68. The van der Waals surface area contributed by atoms with Gasteiger partial charge in [-0.3, -0.25) is 0 Å². The molecular weight excluding hydrogens is 263 g/mol. The highest BCUT2D eigenvalue weighted by molar-refractivity contribution is 9.10. The van der Waals surface area contributed by atoms with Crippen molar-refractivity contribution < 1.29 is 18.3 Å². The van der Waals surface area contributed by atoms with Crippen LogP contribution in [0.1, 0.15) is 11.6 Å². The maximum absolute atomic E-state index is 13.1. The summed E-state index contributed by atoms with van der Waals surface area (Å²) in [7, 11) is 0. The van der Waals surface area contributed by atoms with E-state index >= 15 is 0 Å². The number of hydrogen-bond donors (Lipinski definition) is 2. The second-order valence-corrected chi connectivity index (χ2v) is 3.53. The van der Waals surface area contributed by atoms with Gasteiger partial charge in [0, 0.05) is 0 Å². The highest BCUT2D eigenvalue weighted by Gasteiger charge is 2.22. The molecule has 0 aliphatic heterocycles. The van der Waals surface area contributed by atoms with E-state index < -0.39 is 35.7 Å². The van der Waals surface area contributed by atoms with E-state index in [1.54, 1.807) is 0 Å². The maximum atomic E-state index is 13.1. The molecule has 0 bridgehead atoms. The number of alkyl halides is 1. The first-order valence-electron chi connectivity index (χ1n) is 3.67. The van der Waals surface area contributed by atoms with Gasteiger partial charge in [-0.15, -0.1) is 0 Å². The van der Waals surface area contributed by atoms with Crippen molar-refractivity contribution in [2.45, 2.75) is 6.04 Å². The number of nitrogens with two attached hydrogens (primary N) is 1. The Morgan fingerprint density at radius 3 is 2.57 bits per heavy atom. The van der Waals surface area contributed by atoms with E-state index in [2.05, 4.69) is 15.9 Å². The number of rotatable bonds is 2. The Hall–Kier alpha value is -0.750. The van der Waals surface area contributed by atoms with Crippen LogP contribution in [0.3, 0.4) is 0 Å². The van der Waals surface area contributed by atoms with E-state index in [9.17, 15) is 18.3 Å². The molecule has 0 aromatic heterocycles. The summed E-state index contributed by atoms with van der Waals surface area (Å²) in [6.45, 7) is -1.08. The molecule has 2 nitrogen and oxygen atoms in total. The summed E-state index contributed by atoms with van der Waals surface area (Å²) in [5, 5.41) is 9.30. The van der Waals surface area contributed by atoms with Gasteiger partial charge in [-0.25, -0.2) is 13.2 Å². The fourth-order valence-electron chi connectivity index (χ4n) is 1.02. The van der Waals surface area contributed by atoms with Crippen molar-refractivity contribution in [3.05, 3.63) is 27.7 Å². The van der Waals surface area contributed by atoms with E-state index in [0.29, 0.717) is 0 Å². The zero-order valence-electron chi connectivity index (χ0n) is 6.90. The Balaban J connectivity index is 3.39. The zero-order valence-corrected chi connectivity index (χ0v) is 8.48. The first kappa shape index (κ1) is 11.3. The third kappa shape index (κ3) is 1.85. The van der Waals surface area contributed by atoms with Crippen molar-refractivity contribution in [2.75, 3.05) is 6.67 Å². The van der Waals surface area contributed by atoms with Crippen LogP contribution < -0.4 is 5.73 Å². The standard InChI is InChI=1S/C8H7BrF3NO/c9-3-1-4(11)7(12)6(8(3)14)5(13)2-10/h1,5,14H,2,13H2/t5-/m0/s1. The van der Waals surface area contributed by atoms with Gasteiger partial charge in [-0.2, -0.15) is 0 Å². The molecule has 3 N–H and O–H groups in total. The van der Waals surface area contributed by atoms with Crippen LogP contribution in [0.5, 0.6) is 5.75 Å². The molecule has 14 heavy (non-hydrogen) atoms. The fourth-order valence-corrected chi connectivity index (χ4v) is 1.43. The lowest BCUT2D eigenvalue weighted by Crippen LogP contribution is -2.15. The summed E-state index contributed by atoms with van der Waals surface area (Å²) in [5.41, 5.74) is 4.62. The molecule has 1 aromatic rings. The van der Waals surface area contributed by atoms with Crippen molar-refractivity contribution in [3.63, 3.8) is 0 Å². The van der Waals surface area contributed by atoms with Crippen LogP contribution in [0, 0.1) is 11.6 Å². The summed E-state index contributed by atoms with van der Waals surface area (Å²) < 4.78 is 38.0. The van der Waals surface area contributed by atoms with E-state index in [-0.39, 0.29) is 4.47 Å². The number of hydrogen-bond acceptors (Lipinski definition) is 2. The van der Waals surface area contributed by atoms with Gasteiger partial charge in [0.2, 0.25) is 0 Å². The minimum absolute atomic E-state index is 0.0599. The van der Waals surface area contributed by atoms with Gasteiger partial charge in [-0.05, 0) is 22.0 Å². The molecule has 0 unspecified atom stereocenters. The lowest BCUT2D eigenvalue weighted by Gasteiger charge is -2.12. The van der Waals surface area contributed by atoms with Crippen molar-refractivity contribution in [1.82, 2.24) is 0 Å². The van der Waals surface area contributed by atoms with Crippen molar-refractivity contribution in [2.24, 2.45) is 5.73 Å². The van der Waals surface area contributed by atoms with Crippen LogP contribution in [-0.4, -0.2) is 11.8 Å². The monoisotopic (exact) mass is 269 g/mol. The lowest BCUT2D eigenvalue weighted by atomic mass is 10.1.